The second-order valence-electron chi connectivity index (χ2n) is 4.73. The Balaban J connectivity index is 1.97. The van der Waals surface area contributed by atoms with Gasteiger partial charge in [-0.15, -0.1) is 11.8 Å². The fourth-order valence-electron chi connectivity index (χ4n) is 1.80. The molecule has 20 heavy (non-hydrogen) atoms. The molecule has 106 valence electrons. The van der Waals surface area contributed by atoms with E-state index in [-0.39, 0.29) is 0 Å². The molecular formula is C16H21N3S. The largest absolute Gasteiger partial charge is 0.354 e. The van der Waals surface area contributed by atoms with Crippen molar-refractivity contribution in [2.45, 2.75) is 37.5 Å². The highest BCUT2D eigenvalue weighted by Gasteiger charge is 2.03. The molecule has 2 aromatic rings. The monoisotopic (exact) mass is 287 g/mol. The lowest BCUT2D eigenvalue weighted by Crippen LogP contribution is -2.06. The van der Waals surface area contributed by atoms with Crippen LogP contribution < -0.4 is 5.32 Å². The van der Waals surface area contributed by atoms with Gasteiger partial charge in [0.1, 0.15) is 5.03 Å². The molecule has 0 amide bonds. The van der Waals surface area contributed by atoms with Crippen molar-refractivity contribution in [2.24, 2.45) is 0 Å². The summed E-state index contributed by atoms with van der Waals surface area (Å²) in [4.78, 5) is 8.99. The average molecular weight is 287 g/mol. The molecule has 0 saturated carbocycles. The van der Waals surface area contributed by atoms with Crippen molar-refractivity contribution >= 4 is 17.7 Å². The Morgan fingerprint density at radius 1 is 1.15 bits per heavy atom. The van der Waals surface area contributed by atoms with Crippen molar-refractivity contribution in [2.75, 3.05) is 11.9 Å². The van der Waals surface area contributed by atoms with E-state index in [2.05, 4.69) is 46.5 Å². The lowest BCUT2D eigenvalue weighted by atomic mass is 10.2. The molecule has 0 unspecified atom stereocenters. The SMILES string of the molecule is CCCCNc1nc(C)cc(SCc2ccccc2)n1. The van der Waals surface area contributed by atoms with E-state index in [0.29, 0.717) is 0 Å². The molecule has 4 heteroatoms. The minimum atomic E-state index is 0.744. The first-order valence-electron chi connectivity index (χ1n) is 7.04. The van der Waals surface area contributed by atoms with Crippen molar-refractivity contribution in [3.05, 3.63) is 47.7 Å². The fraction of sp³-hybridized carbons (Fsp3) is 0.375. The third kappa shape index (κ3) is 4.85. The van der Waals surface area contributed by atoms with Crippen molar-refractivity contribution in [3.63, 3.8) is 0 Å². The molecule has 1 N–H and O–H groups in total. The number of thioether (sulfide) groups is 1. The molecule has 0 spiro atoms. The van der Waals surface area contributed by atoms with Crippen LogP contribution in [0.1, 0.15) is 31.0 Å². The van der Waals surface area contributed by atoms with Gasteiger partial charge >= 0.3 is 0 Å². The Kier molecular flexibility index (Phi) is 5.87. The smallest absolute Gasteiger partial charge is 0.223 e. The first-order chi connectivity index (χ1) is 9.78. The van der Waals surface area contributed by atoms with Gasteiger partial charge in [0.2, 0.25) is 5.95 Å². The summed E-state index contributed by atoms with van der Waals surface area (Å²) in [5.41, 5.74) is 2.32. The molecule has 3 nitrogen and oxygen atoms in total. The Morgan fingerprint density at radius 2 is 1.95 bits per heavy atom. The fourth-order valence-corrected chi connectivity index (χ4v) is 2.71. The highest BCUT2D eigenvalue weighted by atomic mass is 32.2. The number of hydrogen-bond donors (Lipinski definition) is 1. The molecule has 0 atom stereocenters. The van der Waals surface area contributed by atoms with Crippen LogP contribution in [0.4, 0.5) is 5.95 Å². The van der Waals surface area contributed by atoms with Crippen molar-refractivity contribution < 1.29 is 0 Å². The van der Waals surface area contributed by atoms with Gasteiger partial charge in [0.25, 0.3) is 0 Å². The van der Waals surface area contributed by atoms with E-state index in [9.17, 15) is 0 Å². The number of benzene rings is 1. The van der Waals surface area contributed by atoms with Crippen LogP contribution in [0.5, 0.6) is 0 Å². The zero-order valence-electron chi connectivity index (χ0n) is 12.1. The molecule has 0 aliphatic heterocycles. The van der Waals surface area contributed by atoms with Gasteiger partial charge in [-0.05, 0) is 25.0 Å². The van der Waals surface area contributed by atoms with Crippen LogP contribution in [-0.4, -0.2) is 16.5 Å². The number of rotatable bonds is 7. The number of hydrogen-bond acceptors (Lipinski definition) is 4. The van der Waals surface area contributed by atoms with Crippen LogP contribution >= 0.6 is 11.8 Å². The minimum Gasteiger partial charge on any atom is -0.354 e. The van der Waals surface area contributed by atoms with Crippen LogP contribution in [0, 0.1) is 6.92 Å². The van der Waals surface area contributed by atoms with Gasteiger partial charge in [-0.25, -0.2) is 9.97 Å². The van der Waals surface area contributed by atoms with Crippen LogP contribution in [0.25, 0.3) is 0 Å². The van der Waals surface area contributed by atoms with Crippen LogP contribution in [0.3, 0.4) is 0 Å². The van der Waals surface area contributed by atoms with Crippen LogP contribution in [-0.2, 0) is 5.75 Å². The quantitative estimate of drug-likeness (QED) is 0.468. The molecule has 1 aromatic carbocycles. The molecule has 1 aromatic heterocycles. The van der Waals surface area contributed by atoms with Crippen LogP contribution in [0.2, 0.25) is 0 Å². The summed E-state index contributed by atoms with van der Waals surface area (Å²) in [7, 11) is 0. The number of aromatic nitrogens is 2. The Morgan fingerprint density at radius 3 is 2.70 bits per heavy atom. The zero-order valence-corrected chi connectivity index (χ0v) is 12.9. The average Bonchev–Trinajstić information content (AvgIpc) is 2.46. The number of anilines is 1. The standard InChI is InChI=1S/C16H21N3S/c1-3-4-10-17-16-18-13(2)11-15(19-16)20-12-14-8-6-5-7-9-14/h5-9,11H,3-4,10,12H2,1-2H3,(H,17,18,19). The van der Waals surface area contributed by atoms with Gasteiger partial charge < -0.3 is 5.32 Å². The Labute approximate surface area is 125 Å². The molecule has 0 radical (unpaired) electrons. The van der Waals surface area contributed by atoms with Gasteiger partial charge in [-0.3, -0.25) is 0 Å². The lowest BCUT2D eigenvalue weighted by Gasteiger charge is -2.07. The first-order valence-corrected chi connectivity index (χ1v) is 8.03. The summed E-state index contributed by atoms with van der Waals surface area (Å²) in [6.45, 7) is 5.13. The van der Waals surface area contributed by atoms with E-state index in [4.69, 9.17) is 0 Å². The van der Waals surface area contributed by atoms with Crippen molar-refractivity contribution in [1.82, 2.24) is 9.97 Å². The number of nitrogens with one attached hydrogen (secondary N) is 1. The maximum Gasteiger partial charge on any atom is 0.223 e. The molecular weight excluding hydrogens is 266 g/mol. The van der Waals surface area contributed by atoms with E-state index in [1.807, 2.05) is 19.1 Å². The van der Waals surface area contributed by atoms with E-state index < -0.39 is 0 Å². The summed E-state index contributed by atoms with van der Waals surface area (Å²) >= 11 is 1.75. The number of aryl methyl sites for hydroxylation is 1. The van der Waals surface area contributed by atoms with Gasteiger partial charge in [-0.1, -0.05) is 43.7 Å². The van der Waals surface area contributed by atoms with E-state index in [0.717, 1.165) is 35.4 Å². The van der Waals surface area contributed by atoms with E-state index in [1.54, 1.807) is 11.8 Å². The van der Waals surface area contributed by atoms with Gasteiger partial charge in [0.05, 0.1) is 0 Å². The zero-order chi connectivity index (χ0) is 14.2. The topological polar surface area (TPSA) is 37.8 Å². The number of unbranched alkanes of at least 4 members (excludes halogenated alkanes) is 1. The van der Waals surface area contributed by atoms with E-state index in [1.165, 1.54) is 12.0 Å². The first kappa shape index (κ1) is 14.9. The van der Waals surface area contributed by atoms with Gasteiger partial charge in [0, 0.05) is 18.0 Å². The summed E-state index contributed by atoms with van der Waals surface area (Å²) in [6.07, 6.45) is 2.32. The normalized spacial score (nSPS) is 10.5. The molecule has 0 aliphatic carbocycles. The summed E-state index contributed by atoms with van der Waals surface area (Å²) in [6, 6.07) is 12.5. The molecule has 0 fully saturated rings. The molecule has 0 bridgehead atoms. The van der Waals surface area contributed by atoms with Gasteiger partial charge in [-0.2, -0.15) is 0 Å². The second kappa shape index (κ2) is 7.90. The minimum absolute atomic E-state index is 0.744. The van der Waals surface area contributed by atoms with Crippen LogP contribution in [0.15, 0.2) is 41.4 Å². The third-order valence-electron chi connectivity index (χ3n) is 2.87. The second-order valence-corrected chi connectivity index (χ2v) is 5.72. The highest BCUT2D eigenvalue weighted by molar-refractivity contribution is 7.98. The maximum absolute atomic E-state index is 4.56. The summed E-state index contributed by atoms with van der Waals surface area (Å²) in [5.74, 6) is 1.68. The van der Waals surface area contributed by atoms with Crippen molar-refractivity contribution in [1.29, 1.82) is 0 Å². The highest BCUT2D eigenvalue weighted by Crippen LogP contribution is 2.22. The number of nitrogens with zero attached hydrogens (tertiary/aromatic N) is 2. The summed E-state index contributed by atoms with van der Waals surface area (Å²) < 4.78 is 0. The maximum atomic E-state index is 4.56. The molecule has 0 aliphatic rings. The predicted octanol–water partition coefficient (Wildman–Crippen LogP) is 4.29. The third-order valence-corrected chi connectivity index (χ3v) is 3.86. The molecule has 2 rings (SSSR count). The Hall–Kier alpha value is -1.55. The Bertz CT molecular complexity index is 529. The molecule has 1 heterocycles. The molecule has 0 saturated heterocycles. The van der Waals surface area contributed by atoms with Gasteiger partial charge in [0.15, 0.2) is 0 Å². The van der Waals surface area contributed by atoms with Crippen molar-refractivity contribution in [3.8, 4) is 0 Å². The lowest BCUT2D eigenvalue weighted by molar-refractivity contribution is 0.821. The predicted molar refractivity (Wildman–Crippen MR) is 86.2 cm³/mol. The summed E-state index contributed by atoms with van der Waals surface area (Å²) in [5, 5.41) is 4.32. The van der Waals surface area contributed by atoms with E-state index >= 15 is 0 Å².